The van der Waals surface area contributed by atoms with Gasteiger partial charge in [-0.25, -0.2) is 0 Å². The van der Waals surface area contributed by atoms with E-state index in [4.69, 9.17) is 9.26 Å². The molecular weight excluding hydrogens is 443 g/mol. The number of hydrogen-bond acceptors (Lipinski definition) is 5. The number of aromatic nitrogens is 2. The van der Waals surface area contributed by atoms with Crippen LogP contribution in [0.15, 0.2) is 53.1 Å². The minimum atomic E-state index is -4.55. The lowest BCUT2D eigenvalue weighted by atomic mass is 10.00. The number of hydrogen-bond donors (Lipinski definition) is 1. The van der Waals surface area contributed by atoms with Crippen molar-refractivity contribution in [1.29, 1.82) is 0 Å². The number of halogens is 4. The quantitative estimate of drug-likeness (QED) is 0.454. The zero-order valence-electron chi connectivity index (χ0n) is 17.4. The highest BCUT2D eigenvalue weighted by atomic mass is 35.5. The van der Waals surface area contributed by atoms with E-state index >= 15 is 0 Å². The van der Waals surface area contributed by atoms with Crippen molar-refractivity contribution in [3.63, 3.8) is 0 Å². The van der Waals surface area contributed by atoms with Gasteiger partial charge >= 0.3 is 6.18 Å². The molecule has 1 unspecified atom stereocenters. The zero-order chi connectivity index (χ0) is 21.7. The van der Waals surface area contributed by atoms with Gasteiger partial charge in [0.1, 0.15) is 5.75 Å². The summed E-state index contributed by atoms with van der Waals surface area (Å²) in [5, 5.41) is 7.16. The molecule has 1 N–H and O–H groups in total. The van der Waals surface area contributed by atoms with Gasteiger partial charge in [-0.2, -0.15) is 18.2 Å². The normalized spacial score (nSPS) is 16.4. The predicted octanol–water partition coefficient (Wildman–Crippen LogP) is 5.66. The topological polar surface area (TPSA) is 60.2 Å². The highest BCUT2D eigenvalue weighted by Gasteiger charge is 2.35. The average Bonchev–Trinajstić information content (AvgIpc) is 3.28. The minimum absolute atomic E-state index is 0. The first-order valence-corrected chi connectivity index (χ1v) is 10.4. The number of benzene rings is 2. The first-order chi connectivity index (χ1) is 15.0. The summed E-state index contributed by atoms with van der Waals surface area (Å²) in [5.74, 6) is 0.507. The van der Waals surface area contributed by atoms with Crippen molar-refractivity contribution in [3.05, 3.63) is 65.5 Å². The lowest BCUT2D eigenvalue weighted by Crippen LogP contribution is -2.28. The Bertz CT molecular complexity index is 990. The third-order valence-electron chi connectivity index (χ3n) is 5.34. The van der Waals surface area contributed by atoms with Gasteiger partial charge in [0.2, 0.25) is 11.7 Å². The molecule has 3 aromatic rings. The molecule has 0 amide bonds. The molecule has 1 aromatic heterocycles. The maximum Gasteiger partial charge on any atom is 0.419 e. The Morgan fingerprint density at radius 2 is 1.94 bits per heavy atom. The second-order valence-corrected chi connectivity index (χ2v) is 7.65. The largest absolute Gasteiger partial charge is 0.493 e. The van der Waals surface area contributed by atoms with Crippen molar-refractivity contribution in [2.75, 3.05) is 19.7 Å². The molecule has 1 atom stereocenters. The van der Waals surface area contributed by atoms with E-state index in [1.807, 2.05) is 30.3 Å². The van der Waals surface area contributed by atoms with Crippen LogP contribution in [-0.4, -0.2) is 29.8 Å². The van der Waals surface area contributed by atoms with Gasteiger partial charge in [-0.15, -0.1) is 12.4 Å². The van der Waals surface area contributed by atoms with Gasteiger partial charge < -0.3 is 14.6 Å². The van der Waals surface area contributed by atoms with E-state index < -0.39 is 11.7 Å². The maximum atomic E-state index is 13.7. The Morgan fingerprint density at radius 1 is 1.12 bits per heavy atom. The molecular formula is C23H25ClF3N3O2. The second-order valence-electron chi connectivity index (χ2n) is 7.65. The van der Waals surface area contributed by atoms with E-state index in [-0.39, 0.29) is 42.1 Å². The number of piperidine rings is 1. The molecule has 1 saturated heterocycles. The third-order valence-corrected chi connectivity index (χ3v) is 5.34. The van der Waals surface area contributed by atoms with Gasteiger partial charge in [0.15, 0.2) is 0 Å². The van der Waals surface area contributed by atoms with Crippen LogP contribution >= 0.6 is 12.4 Å². The van der Waals surface area contributed by atoms with E-state index in [1.165, 1.54) is 12.1 Å². The van der Waals surface area contributed by atoms with Crippen LogP contribution in [0.2, 0.25) is 0 Å². The van der Waals surface area contributed by atoms with Crippen LogP contribution in [0.4, 0.5) is 13.2 Å². The SMILES string of the molecule is Cl.FC(F)(F)c1cc(-c2noc(C3CCCNC3)n2)ccc1OCCCc1ccccc1. The van der Waals surface area contributed by atoms with E-state index in [0.29, 0.717) is 12.3 Å². The summed E-state index contributed by atoms with van der Waals surface area (Å²) in [6.07, 6.45) is -1.28. The standard InChI is InChI=1S/C23H24F3N3O2.ClH/c24-23(25,26)19-14-17(21-28-22(31-29-21)18-9-4-12-27-15-18)10-11-20(19)30-13-5-8-16-6-2-1-3-7-16;/h1-3,6-7,10-11,14,18,27H,4-5,8-9,12-13,15H2;1H. The Balaban J connectivity index is 0.00000289. The summed E-state index contributed by atoms with van der Waals surface area (Å²) in [5.41, 5.74) is 0.539. The Hall–Kier alpha value is -2.58. The predicted molar refractivity (Wildman–Crippen MR) is 117 cm³/mol. The molecule has 172 valence electrons. The summed E-state index contributed by atoms with van der Waals surface area (Å²) in [6.45, 7) is 1.86. The number of nitrogens with one attached hydrogen (secondary N) is 1. The lowest BCUT2D eigenvalue weighted by molar-refractivity contribution is -0.138. The van der Waals surface area contributed by atoms with Crippen LogP contribution in [0.3, 0.4) is 0 Å². The number of alkyl halides is 3. The van der Waals surface area contributed by atoms with Crippen molar-refractivity contribution in [3.8, 4) is 17.1 Å². The summed E-state index contributed by atoms with van der Waals surface area (Å²) in [4.78, 5) is 4.34. The van der Waals surface area contributed by atoms with E-state index in [2.05, 4.69) is 15.5 Å². The second kappa shape index (κ2) is 10.8. The lowest BCUT2D eigenvalue weighted by Gasteiger charge is -2.18. The Labute approximate surface area is 190 Å². The first-order valence-electron chi connectivity index (χ1n) is 10.4. The molecule has 0 spiro atoms. The molecule has 2 heterocycles. The van der Waals surface area contributed by atoms with Crippen LogP contribution < -0.4 is 10.1 Å². The zero-order valence-corrected chi connectivity index (χ0v) is 18.2. The molecule has 0 aliphatic carbocycles. The van der Waals surface area contributed by atoms with Crippen molar-refractivity contribution in [1.82, 2.24) is 15.5 Å². The van der Waals surface area contributed by atoms with Crippen molar-refractivity contribution >= 4 is 12.4 Å². The van der Waals surface area contributed by atoms with Gasteiger partial charge in [0, 0.05) is 12.1 Å². The first kappa shape index (κ1) is 24.1. The van der Waals surface area contributed by atoms with Gasteiger partial charge in [-0.05, 0) is 56.0 Å². The molecule has 1 aliphatic rings. The number of rotatable bonds is 7. The van der Waals surface area contributed by atoms with Crippen LogP contribution in [0.25, 0.3) is 11.4 Å². The molecule has 1 aliphatic heterocycles. The molecule has 5 nitrogen and oxygen atoms in total. The van der Waals surface area contributed by atoms with Crippen LogP contribution in [0.1, 0.15) is 42.2 Å². The smallest absolute Gasteiger partial charge is 0.419 e. The van der Waals surface area contributed by atoms with Gasteiger partial charge in [0.05, 0.1) is 18.1 Å². The van der Waals surface area contributed by atoms with Crippen LogP contribution in [0.5, 0.6) is 5.75 Å². The van der Waals surface area contributed by atoms with Gasteiger partial charge in [-0.1, -0.05) is 35.5 Å². The molecule has 9 heteroatoms. The maximum absolute atomic E-state index is 13.7. The fourth-order valence-electron chi connectivity index (χ4n) is 3.70. The van der Waals surface area contributed by atoms with Crippen LogP contribution in [0, 0.1) is 0 Å². The minimum Gasteiger partial charge on any atom is -0.493 e. The van der Waals surface area contributed by atoms with Gasteiger partial charge in [-0.3, -0.25) is 0 Å². The monoisotopic (exact) mass is 467 g/mol. The summed E-state index contributed by atoms with van der Waals surface area (Å²) >= 11 is 0. The summed E-state index contributed by atoms with van der Waals surface area (Å²) in [6, 6.07) is 13.7. The molecule has 0 saturated carbocycles. The molecule has 0 bridgehead atoms. The molecule has 4 rings (SSSR count). The van der Waals surface area contributed by atoms with Crippen LogP contribution in [-0.2, 0) is 12.6 Å². The van der Waals surface area contributed by atoms with Crippen molar-refractivity contribution < 1.29 is 22.4 Å². The number of nitrogens with zero attached hydrogens (tertiary/aromatic N) is 2. The highest BCUT2D eigenvalue weighted by molar-refractivity contribution is 5.85. The third kappa shape index (κ3) is 6.01. The Kier molecular flexibility index (Phi) is 8.15. The summed E-state index contributed by atoms with van der Waals surface area (Å²) < 4.78 is 51.8. The van der Waals surface area contributed by atoms with E-state index in [9.17, 15) is 13.2 Å². The summed E-state index contributed by atoms with van der Waals surface area (Å²) in [7, 11) is 0. The number of ether oxygens (including phenoxy) is 1. The van der Waals surface area contributed by atoms with E-state index in [1.54, 1.807) is 0 Å². The average molecular weight is 468 g/mol. The van der Waals surface area contributed by atoms with Crippen molar-refractivity contribution in [2.24, 2.45) is 0 Å². The molecule has 32 heavy (non-hydrogen) atoms. The molecule has 0 radical (unpaired) electrons. The highest BCUT2D eigenvalue weighted by Crippen LogP contribution is 2.38. The van der Waals surface area contributed by atoms with Crippen molar-refractivity contribution in [2.45, 2.75) is 37.8 Å². The number of aryl methyl sites for hydroxylation is 1. The molecule has 2 aromatic carbocycles. The van der Waals surface area contributed by atoms with Gasteiger partial charge in [0.25, 0.3) is 0 Å². The Morgan fingerprint density at radius 3 is 2.66 bits per heavy atom. The molecule has 1 fully saturated rings. The fourth-order valence-corrected chi connectivity index (χ4v) is 3.70. The van der Waals surface area contributed by atoms with E-state index in [0.717, 1.165) is 44.0 Å². The fraction of sp³-hybridized carbons (Fsp3) is 0.391.